The lowest BCUT2D eigenvalue weighted by Crippen LogP contribution is -2.35. The number of anilines is 3. The van der Waals surface area contributed by atoms with Gasteiger partial charge in [0.2, 0.25) is 0 Å². The number of urea groups is 1. The third-order valence-corrected chi connectivity index (χ3v) is 3.90. The number of methoxy groups -OCH3 is 1. The van der Waals surface area contributed by atoms with Crippen molar-refractivity contribution < 1.29 is 9.53 Å². The van der Waals surface area contributed by atoms with Crippen molar-refractivity contribution in [3.63, 3.8) is 0 Å². The van der Waals surface area contributed by atoms with Crippen LogP contribution in [0.25, 0.3) is 0 Å². The molecule has 0 aliphatic heterocycles. The molecule has 26 heavy (non-hydrogen) atoms. The zero-order valence-corrected chi connectivity index (χ0v) is 15.3. The Hall–Kier alpha value is -2.89. The number of benzene rings is 1. The molecule has 2 amide bonds. The molecule has 136 valence electrons. The lowest BCUT2D eigenvalue weighted by Gasteiger charge is -2.29. The van der Waals surface area contributed by atoms with Crippen LogP contribution in [0.4, 0.5) is 22.0 Å². The van der Waals surface area contributed by atoms with E-state index in [9.17, 15) is 4.79 Å². The van der Waals surface area contributed by atoms with Gasteiger partial charge in [-0.25, -0.2) is 19.7 Å². The van der Waals surface area contributed by atoms with Crippen molar-refractivity contribution in [2.75, 3.05) is 36.6 Å². The molecule has 1 aromatic carbocycles. The van der Waals surface area contributed by atoms with Crippen molar-refractivity contribution in [3.05, 3.63) is 41.3 Å². The molecule has 0 atom stereocenters. The number of nitrogens with two attached hydrogens (primary N) is 1. The van der Waals surface area contributed by atoms with Crippen LogP contribution in [-0.4, -0.2) is 42.8 Å². The molecule has 9 heteroatoms. The first kappa shape index (κ1) is 19.4. The first-order chi connectivity index (χ1) is 12.5. The molecule has 0 saturated heterocycles. The van der Waals surface area contributed by atoms with E-state index in [4.69, 9.17) is 27.3 Å². The van der Waals surface area contributed by atoms with Crippen molar-refractivity contribution in [3.8, 4) is 6.07 Å². The number of nitrogens with zero attached hydrogens (tertiary/aromatic N) is 5. The van der Waals surface area contributed by atoms with Crippen molar-refractivity contribution >= 4 is 34.8 Å². The van der Waals surface area contributed by atoms with Crippen LogP contribution >= 0.6 is 11.6 Å². The molecule has 0 radical (unpaired) electrons. The summed E-state index contributed by atoms with van der Waals surface area (Å²) in [6.45, 7) is 3.81. The number of primary amides is 1. The molecule has 2 rings (SSSR count). The minimum absolute atomic E-state index is 0.139. The van der Waals surface area contributed by atoms with Gasteiger partial charge in [0.15, 0.2) is 11.5 Å². The second kappa shape index (κ2) is 8.99. The van der Waals surface area contributed by atoms with E-state index in [-0.39, 0.29) is 11.5 Å². The maximum atomic E-state index is 12.2. The molecule has 1 aromatic heterocycles. The Morgan fingerprint density at radius 2 is 2.12 bits per heavy atom. The van der Waals surface area contributed by atoms with E-state index >= 15 is 0 Å². The molecule has 0 spiro atoms. The lowest BCUT2D eigenvalue weighted by molar-refractivity contribution is 0.205. The van der Waals surface area contributed by atoms with E-state index in [1.165, 1.54) is 17.3 Å². The maximum Gasteiger partial charge on any atom is 0.325 e. The SMILES string of the molecule is CCN(CCOC)c1ccc(Cl)cc1N(C(N)=O)c1cnc(C#N)cn1. The summed E-state index contributed by atoms with van der Waals surface area (Å²) in [6.07, 6.45) is 2.59. The van der Waals surface area contributed by atoms with Crippen LogP contribution in [0.3, 0.4) is 0 Å². The highest BCUT2D eigenvalue weighted by molar-refractivity contribution is 6.31. The number of hydrogen-bond donors (Lipinski definition) is 1. The minimum Gasteiger partial charge on any atom is -0.383 e. The van der Waals surface area contributed by atoms with E-state index < -0.39 is 6.03 Å². The van der Waals surface area contributed by atoms with Crippen molar-refractivity contribution in [1.29, 1.82) is 5.26 Å². The summed E-state index contributed by atoms with van der Waals surface area (Å²) in [6, 6.07) is 6.32. The fourth-order valence-electron chi connectivity index (χ4n) is 2.44. The van der Waals surface area contributed by atoms with Gasteiger partial charge in [-0.05, 0) is 25.1 Å². The Morgan fingerprint density at radius 3 is 2.65 bits per heavy atom. The topological polar surface area (TPSA) is 108 Å². The number of hydrogen-bond acceptors (Lipinski definition) is 6. The normalized spacial score (nSPS) is 10.2. The van der Waals surface area contributed by atoms with Gasteiger partial charge in [0.25, 0.3) is 0 Å². The number of carbonyl (C=O) groups is 1. The number of likely N-dealkylation sites (N-methyl/N-ethyl adjacent to an activating group) is 1. The molecule has 0 aliphatic rings. The third kappa shape index (κ3) is 4.39. The van der Waals surface area contributed by atoms with E-state index in [2.05, 4.69) is 9.97 Å². The van der Waals surface area contributed by atoms with Crippen LogP contribution in [0.1, 0.15) is 12.6 Å². The second-order valence-corrected chi connectivity index (χ2v) is 5.69. The number of halogens is 1. The molecular weight excluding hydrogens is 356 g/mol. The summed E-state index contributed by atoms with van der Waals surface area (Å²) in [7, 11) is 1.62. The first-order valence-electron chi connectivity index (χ1n) is 7.87. The van der Waals surface area contributed by atoms with Gasteiger partial charge in [0.1, 0.15) is 6.07 Å². The van der Waals surface area contributed by atoms with Gasteiger partial charge in [-0.15, -0.1) is 0 Å². The van der Waals surface area contributed by atoms with Crippen LogP contribution in [0.2, 0.25) is 5.02 Å². The van der Waals surface area contributed by atoms with Gasteiger partial charge in [0, 0.05) is 25.2 Å². The second-order valence-electron chi connectivity index (χ2n) is 5.25. The predicted octanol–water partition coefficient (Wildman–Crippen LogP) is 2.69. The quantitative estimate of drug-likeness (QED) is 0.798. The first-order valence-corrected chi connectivity index (χ1v) is 8.24. The van der Waals surface area contributed by atoms with Gasteiger partial charge in [-0.1, -0.05) is 11.6 Å². The van der Waals surface area contributed by atoms with E-state index in [1.807, 2.05) is 24.0 Å². The molecule has 0 unspecified atom stereocenters. The molecular formula is C17H19ClN6O2. The number of ether oxygens (including phenoxy) is 1. The predicted molar refractivity (Wildman–Crippen MR) is 99.7 cm³/mol. The van der Waals surface area contributed by atoms with Crippen molar-refractivity contribution in [2.24, 2.45) is 5.73 Å². The van der Waals surface area contributed by atoms with Crippen molar-refractivity contribution in [1.82, 2.24) is 9.97 Å². The fraction of sp³-hybridized carbons (Fsp3) is 0.294. The van der Waals surface area contributed by atoms with E-state index in [0.29, 0.717) is 30.4 Å². The average Bonchev–Trinajstić information content (AvgIpc) is 2.64. The summed E-state index contributed by atoms with van der Waals surface area (Å²) in [5.41, 5.74) is 6.96. The van der Waals surface area contributed by atoms with Gasteiger partial charge in [0.05, 0.1) is 30.4 Å². The Balaban J connectivity index is 2.55. The van der Waals surface area contributed by atoms with Crippen LogP contribution in [0, 0.1) is 11.3 Å². The number of rotatable bonds is 7. The molecule has 0 saturated carbocycles. The third-order valence-electron chi connectivity index (χ3n) is 3.67. The Morgan fingerprint density at radius 1 is 1.35 bits per heavy atom. The summed E-state index contributed by atoms with van der Waals surface area (Å²) in [4.78, 5) is 23.5. The smallest absolute Gasteiger partial charge is 0.325 e. The standard InChI is InChI=1S/C17H19ClN6O2/c1-3-23(6-7-26-2)14-5-4-12(18)8-15(14)24(17(20)25)16-11-21-13(9-19)10-22-16/h4-5,8,10-11H,3,6-7H2,1-2H3,(H2,20,25). The minimum atomic E-state index is -0.740. The number of carbonyl (C=O) groups excluding carboxylic acids is 1. The van der Waals surface area contributed by atoms with Gasteiger partial charge in [-0.3, -0.25) is 0 Å². The maximum absolute atomic E-state index is 12.2. The summed E-state index contributed by atoms with van der Waals surface area (Å²) >= 11 is 6.15. The molecule has 0 bridgehead atoms. The van der Waals surface area contributed by atoms with E-state index in [0.717, 1.165) is 5.69 Å². The molecule has 0 fully saturated rings. The van der Waals surface area contributed by atoms with Gasteiger partial charge >= 0.3 is 6.03 Å². The largest absolute Gasteiger partial charge is 0.383 e. The Bertz CT molecular complexity index is 806. The zero-order valence-electron chi connectivity index (χ0n) is 14.5. The number of amides is 2. The van der Waals surface area contributed by atoms with Gasteiger partial charge < -0.3 is 15.4 Å². The summed E-state index contributed by atoms with van der Waals surface area (Å²) < 4.78 is 5.15. The fourth-order valence-corrected chi connectivity index (χ4v) is 2.61. The van der Waals surface area contributed by atoms with Crippen molar-refractivity contribution in [2.45, 2.75) is 6.92 Å². The Labute approximate surface area is 156 Å². The van der Waals surface area contributed by atoms with E-state index in [1.54, 1.807) is 19.2 Å². The highest BCUT2D eigenvalue weighted by Crippen LogP contribution is 2.35. The molecule has 1 heterocycles. The number of nitriles is 1. The lowest BCUT2D eigenvalue weighted by atomic mass is 10.2. The average molecular weight is 375 g/mol. The monoisotopic (exact) mass is 374 g/mol. The molecule has 8 nitrogen and oxygen atoms in total. The number of aromatic nitrogens is 2. The Kier molecular flexibility index (Phi) is 6.72. The summed E-state index contributed by atoms with van der Waals surface area (Å²) in [5.74, 6) is 0.197. The van der Waals surface area contributed by atoms with Crippen LogP contribution in [0.15, 0.2) is 30.6 Å². The van der Waals surface area contributed by atoms with Gasteiger partial charge in [-0.2, -0.15) is 5.26 Å². The van der Waals surface area contributed by atoms with Crippen LogP contribution < -0.4 is 15.5 Å². The zero-order chi connectivity index (χ0) is 19.1. The molecule has 2 N–H and O–H groups in total. The molecule has 0 aliphatic carbocycles. The highest BCUT2D eigenvalue weighted by atomic mass is 35.5. The summed E-state index contributed by atoms with van der Waals surface area (Å²) in [5, 5.41) is 9.31. The highest BCUT2D eigenvalue weighted by Gasteiger charge is 2.23. The van der Waals surface area contributed by atoms with Crippen LogP contribution in [0.5, 0.6) is 0 Å². The molecule has 2 aromatic rings. The van der Waals surface area contributed by atoms with Crippen LogP contribution in [-0.2, 0) is 4.74 Å².